The average Bonchev–Trinajstić information content (AvgIpc) is 2.53. The van der Waals surface area contributed by atoms with Crippen LogP contribution in [0, 0.1) is 0 Å². The summed E-state index contributed by atoms with van der Waals surface area (Å²) >= 11 is 0. The van der Waals surface area contributed by atoms with Gasteiger partial charge in [0.1, 0.15) is 22.6 Å². The van der Waals surface area contributed by atoms with Gasteiger partial charge in [-0.05, 0) is 40.2 Å². The molecule has 0 saturated carbocycles. The lowest BCUT2D eigenvalue weighted by atomic mass is 10.0. The van der Waals surface area contributed by atoms with Crippen LogP contribution in [-0.2, 0) is 11.3 Å². The molecule has 2 rings (SSSR count). The number of carbonyl (C=O) groups is 1. The summed E-state index contributed by atoms with van der Waals surface area (Å²) in [6.45, 7) is 10.1. The molecule has 2 heterocycles. The quantitative estimate of drug-likeness (QED) is 0.863. The highest BCUT2D eigenvalue weighted by Crippen LogP contribution is 2.32. The van der Waals surface area contributed by atoms with E-state index < -0.39 is 17.3 Å². The van der Waals surface area contributed by atoms with Gasteiger partial charge in [0.15, 0.2) is 0 Å². The van der Waals surface area contributed by atoms with Crippen molar-refractivity contribution in [1.29, 1.82) is 0 Å². The van der Waals surface area contributed by atoms with Crippen LogP contribution in [0.15, 0.2) is 12.1 Å². The smallest absolute Gasteiger partial charge is 0.410 e. The van der Waals surface area contributed by atoms with Gasteiger partial charge in [-0.2, -0.15) is 0 Å². The fraction of sp³-hybridized carbons (Fsp3) is 0.625. The molecule has 1 aliphatic rings. The van der Waals surface area contributed by atoms with Crippen LogP contribution in [0.5, 0.6) is 11.6 Å². The monoisotopic (exact) mass is 308 g/mol. The Morgan fingerprint density at radius 2 is 2.18 bits per heavy atom. The first-order chi connectivity index (χ1) is 10.1. The second kappa shape index (κ2) is 5.66. The number of pyridine rings is 1. The molecule has 1 aliphatic heterocycles. The number of amides is 1. The van der Waals surface area contributed by atoms with E-state index in [-0.39, 0.29) is 12.4 Å². The van der Waals surface area contributed by atoms with E-state index in [1.165, 1.54) is 6.07 Å². The van der Waals surface area contributed by atoms with Gasteiger partial charge in [-0.25, -0.2) is 9.78 Å². The number of hydrogen-bond donors (Lipinski definition) is 1. The maximum Gasteiger partial charge on any atom is 0.410 e. The Morgan fingerprint density at radius 3 is 2.77 bits per heavy atom. The lowest BCUT2D eigenvalue weighted by Crippen LogP contribution is -2.46. The van der Waals surface area contributed by atoms with Crippen LogP contribution >= 0.6 is 0 Å². The minimum Gasteiger partial charge on any atom is -0.493 e. The van der Waals surface area contributed by atoms with E-state index >= 15 is 0 Å². The predicted molar refractivity (Wildman–Crippen MR) is 81.9 cm³/mol. The maximum atomic E-state index is 12.4. The summed E-state index contributed by atoms with van der Waals surface area (Å²) in [6.07, 6.45) is 0.320. The van der Waals surface area contributed by atoms with Crippen molar-refractivity contribution in [2.75, 3.05) is 6.54 Å². The molecule has 0 aliphatic carbocycles. The van der Waals surface area contributed by atoms with E-state index in [1.807, 2.05) is 34.6 Å². The predicted octanol–water partition coefficient (Wildman–Crippen LogP) is 3.09. The van der Waals surface area contributed by atoms with Crippen molar-refractivity contribution < 1.29 is 19.4 Å². The first kappa shape index (κ1) is 16.4. The summed E-state index contributed by atoms with van der Waals surface area (Å²) in [5, 5.41) is 9.58. The first-order valence-corrected chi connectivity index (χ1v) is 7.48. The zero-order valence-electron chi connectivity index (χ0n) is 13.8. The molecule has 1 aromatic rings. The van der Waals surface area contributed by atoms with Crippen LogP contribution < -0.4 is 4.74 Å². The van der Waals surface area contributed by atoms with Crippen molar-refractivity contribution in [3.63, 3.8) is 0 Å². The highest BCUT2D eigenvalue weighted by molar-refractivity contribution is 5.68. The summed E-state index contributed by atoms with van der Waals surface area (Å²) in [7, 11) is 0. The summed E-state index contributed by atoms with van der Waals surface area (Å²) < 4.78 is 11.5. The number of carbonyl (C=O) groups excluding carboxylic acids is 1. The molecule has 1 atom stereocenters. The zero-order valence-corrected chi connectivity index (χ0v) is 13.8. The van der Waals surface area contributed by atoms with Crippen LogP contribution in [0.2, 0.25) is 0 Å². The third-order valence-electron chi connectivity index (χ3n) is 3.54. The van der Waals surface area contributed by atoms with Crippen molar-refractivity contribution in [3.8, 4) is 11.6 Å². The van der Waals surface area contributed by atoms with E-state index in [9.17, 15) is 9.90 Å². The molecule has 6 nitrogen and oxygen atoms in total. The molecule has 0 fully saturated rings. The molecule has 6 heteroatoms. The number of aromatic nitrogens is 1. The normalized spacial score (nSPS) is 21.6. The first-order valence-electron chi connectivity index (χ1n) is 7.48. The zero-order chi connectivity index (χ0) is 16.5. The molecule has 1 aromatic heterocycles. The number of hydrogen-bond acceptors (Lipinski definition) is 5. The lowest BCUT2D eigenvalue weighted by Gasteiger charge is -2.33. The van der Waals surface area contributed by atoms with Crippen LogP contribution in [0.25, 0.3) is 0 Å². The number of aromatic hydroxyl groups is 1. The van der Waals surface area contributed by atoms with Crippen LogP contribution in [0.4, 0.5) is 4.79 Å². The van der Waals surface area contributed by atoms with Gasteiger partial charge in [-0.1, -0.05) is 6.92 Å². The summed E-state index contributed by atoms with van der Waals surface area (Å²) in [5.41, 5.74) is -0.564. The van der Waals surface area contributed by atoms with Gasteiger partial charge < -0.3 is 14.6 Å². The number of rotatable bonds is 1. The molecule has 0 saturated heterocycles. The van der Waals surface area contributed by atoms with Crippen molar-refractivity contribution in [3.05, 3.63) is 17.8 Å². The highest BCUT2D eigenvalue weighted by Gasteiger charge is 2.36. The Labute approximate surface area is 131 Å². The van der Waals surface area contributed by atoms with Crippen molar-refractivity contribution in [2.45, 2.75) is 58.8 Å². The molecule has 1 amide bonds. The molecule has 122 valence electrons. The average molecular weight is 308 g/mol. The van der Waals surface area contributed by atoms with Gasteiger partial charge in [0.05, 0.1) is 13.1 Å². The van der Waals surface area contributed by atoms with Crippen LogP contribution in [0.1, 0.15) is 46.7 Å². The van der Waals surface area contributed by atoms with Crippen molar-refractivity contribution >= 4 is 6.09 Å². The van der Waals surface area contributed by atoms with Crippen LogP contribution in [0.3, 0.4) is 0 Å². The third-order valence-corrected chi connectivity index (χ3v) is 3.54. The number of fused-ring (bicyclic) bond motifs is 1. The minimum atomic E-state index is -0.568. The molecule has 0 aromatic carbocycles. The maximum absolute atomic E-state index is 12.4. The second-order valence-electron chi connectivity index (χ2n) is 6.86. The Hall–Kier alpha value is -1.98. The second-order valence-corrected chi connectivity index (χ2v) is 6.86. The van der Waals surface area contributed by atoms with Gasteiger partial charge in [0.2, 0.25) is 5.88 Å². The Balaban J connectivity index is 2.33. The SMILES string of the molecule is CCC1(C)CN(C(=O)OC(C)(C)C)Cc2nc(O)ccc2O1. The highest BCUT2D eigenvalue weighted by atomic mass is 16.6. The van der Waals surface area contributed by atoms with Crippen molar-refractivity contribution in [1.82, 2.24) is 9.88 Å². The summed E-state index contributed by atoms with van der Waals surface area (Å²) in [5.74, 6) is 0.500. The molecule has 22 heavy (non-hydrogen) atoms. The Kier molecular flexibility index (Phi) is 4.22. The number of ether oxygens (including phenoxy) is 2. The van der Waals surface area contributed by atoms with Gasteiger partial charge in [-0.3, -0.25) is 4.90 Å². The molecule has 1 unspecified atom stereocenters. The van der Waals surface area contributed by atoms with Crippen molar-refractivity contribution in [2.24, 2.45) is 0 Å². The topological polar surface area (TPSA) is 71.9 Å². The molecular weight excluding hydrogens is 284 g/mol. The summed E-state index contributed by atoms with van der Waals surface area (Å²) in [6, 6.07) is 3.17. The Morgan fingerprint density at radius 1 is 1.50 bits per heavy atom. The minimum absolute atomic E-state index is 0.0911. The summed E-state index contributed by atoms with van der Waals surface area (Å²) in [4.78, 5) is 18.1. The van der Waals surface area contributed by atoms with E-state index in [0.717, 1.165) is 6.42 Å². The largest absolute Gasteiger partial charge is 0.493 e. The number of nitrogens with zero attached hydrogens (tertiary/aromatic N) is 2. The van der Waals surface area contributed by atoms with Gasteiger partial charge in [-0.15, -0.1) is 0 Å². The van der Waals surface area contributed by atoms with Crippen LogP contribution in [-0.4, -0.2) is 38.8 Å². The van der Waals surface area contributed by atoms with E-state index in [4.69, 9.17) is 9.47 Å². The molecule has 0 radical (unpaired) electrons. The van der Waals surface area contributed by atoms with E-state index in [0.29, 0.717) is 18.0 Å². The Bertz CT molecular complexity index is 568. The fourth-order valence-electron chi connectivity index (χ4n) is 2.26. The standard InChI is InChI=1S/C16H24N2O4/c1-6-16(5)10-18(14(20)22-15(2,3)4)9-11-12(21-16)7-8-13(19)17-11/h7-8H,6,9-10H2,1-5H3,(H,17,19). The van der Waals surface area contributed by atoms with Gasteiger partial charge in [0, 0.05) is 6.07 Å². The van der Waals surface area contributed by atoms with Gasteiger partial charge in [0.25, 0.3) is 0 Å². The van der Waals surface area contributed by atoms with Gasteiger partial charge >= 0.3 is 6.09 Å². The molecular formula is C16H24N2O4. The molecule has 0 spiro atoms. The van der Waals surface area contributed by atoms with E-state index in [1.54, 1.807) is 11.0 Å². The molecule has 1 N–H and O–H groups in total. The fourth-order valence-corrected chi connectivity index (χ4v) is 2.26. The lowest BCUT2D eigenvalue weighted by molar-refractivity contribution is 0.00255. The third kappa shape index (κ3) is 3.81. The molecule has 0 bridgehead atoms. The van der Waals surface area contributed by atoms with E-state index in [2.05, 4.69) is 4.98 Å².